The molecule has 17 heavy (non-hydrogen) atoms. The molecule has 1 unspecified atom stereocenters. The van der Waals surface area contributed by atoms with Gasteiger partial charge in [-0.2, -0.15) is 23.5 Å². The van der Waals surface area contributed by atoms with E-state index in [2.05, 4.69) is 30.7 Å². The van der Waals surface area contributed by atoms with Crippen LogP contribution < -0.4 is 10.6 Å². The first-order valence-corrected chi connectivity index (χ1v) is 8.04. The average molecular weight is 299 g/mol. The summed E-state index contributed by atoms with van der Waals surface area (Å²) in [6.45, 7) is 6.06. The van der Waals surface area contributed by atoms with E-state index in [1.54, 1.807) is 11.8 Å². The number of halogens is 1. The van der Waals surface area contributed by atoms with Crippen LogP contribution in [0.25, 0.3) is 0 Å². The summed E-state index contributed by atoms with van der Waals surface area (Å²) in [5.41, 5.74) is 0. The second-order valence-electron chi connectivity index (χ2n) is 4.67. The van der Waals surface area contributed by atoms with Crippen LogP contribution in [0.2, 0.25) is 0 Å². The minimum atomic E-state index is 0. The molecule has 2 N–H and O–H groups in total. The Morgan fingerprint density at radius 3 is 2.82 bits per heavy atom. The Kier molecular flexibility index (Phi) is 8.72. The van der Waals surface area contributed by atoms with E-state index in [0.717, 1.165) is 24.6 Å². The molecule has 1 fully saturated rings. The molecule has 6 heteroatoms. The quantitative estimate of drug-likeness (QED) is 0.811. The summed E-state index contributed by atoms with van der Waals surface area (Å²) >= 11 is 3.71. The third kappa shape index (κ3) is 7.44. The van der Waals surface area contributed by atoms with Crippen LogP contribution >= 0.6 is 35.9 Å². The van der Waals surface area contributed by atoms with Gasteiger partial charge in [0.25, 0.3) is 0 Å². The molecule has 1 aliphatic heterocycles. The van der Waals surface area contributed by atoms with Gasteiger partial charge in [-0.1, -0.05) is 0 Å². The van der Waals surface area contributed by atoms with Gasteiger partial charge < -0.3 is 10.6 Å². The molecule has 0 aromatic heterocycles. The van der Waals surface area contributed by atoms with Crippen molar-refractivity contribution >= 4 is 41.8 Å². The maximum atomic E-state index is 11.7. The van der Waals surface area contributed by atoms with Crippen molar-refractivity contribution in [1.29, 1.82) is 0 Å². The van der Waals surface area contributed by atoms with E-state index in [0.29, 0.717) is 12.5 Å². The van der Waals surface area contributed by atoms with Gasteiger partial charge in [-0.05, 0) is 20.1 Å². The number of carbonyl (C=O) groups excluding carboxylic acids is 1. The van der Waals surface area contributed by atoms with Crippen molar-refractivity contribution in [2.75, 3.05) is 30.9 Å². The van der Waals surface area contributed by atoms with E-state index < -0.39 is 0 Å². The molecule has 1 rings (SSSR count). The average Bonchev–Trinajstić information content (AvgIpc) is 2.28. The number of hydrogen-bond donors (Lipinski definition) is 2. The van der Waals surface area contributed by atoms with Crippen molar-refractivity contribution in [1.82, 2.24) is 10.6 Å². The summed E-state index contributed by atoms with van der Waals surface area (Å²) in [5, 5.41) is 6.39. The van der Waals surface area contributed by atoms with Gasteiger partial charge in [0.1, 0.15) is 0 Å². The van der Waals surface area contributed by atoms with E-state index in [1.165, 1.54) is 0 Å². The Balaban J connectivity index is 0.00000256. The molecular weight excluding hydrogens is 276 g/mol. The lowest BCUT2D eigenvalue weighted by atomic mass is 10.2. The largest absolute Gasteiger partial charge is 0.355 e. The first-order chi connectivity index (χ1) is 7.53. The summed E-state index contributed by atoms with van der Waals surface area (Å²) < 4.78 is 0.129. The molecule has 0 spiro atoms. The van der Waals surface area contributed by atoms with E-state index >= 15 is 0 Å². The lowest BCUT2D eigenvalue weighted by Gasteiger charge is -2.25. The Bertz CT molecular complexity index is 234. The van der Waals surface area contributed by atoms with Crippen LogP contribution in [0.4, 0.5) is 0 Å². The molecule has 3 nitrogen and oxygen atoms in total. The van der Waals surface area contributed by atoms with E-state index in [1.807, 2.05) is 11.8 Å². The fraction of sp³-hybridized carbons (Fsp3) is 0.909. The van der Waals surface area contributed by atoms with Crippen molar-refractivity contribution < 1.29 is 4.79 Å². The van der Waals surface area contributed by atoms with Crippen molar-refractivity contribution in [3.05, 3.63) is 0 Å². The minimum Gasteiger partial charge on any atom is -0.355 e. The molecule has 1 atom stereocenters. The highest BCUT2D eigenvalue weighted by atomic mass is 35.5. The van der Waals surface area contributed by atoms with Gasteiger partial charge in [0.2, 0.25) is 5.91 Å². The highest BCUT2D eigenvalue weighted by molar-refractivity contribution is 8.00. The summed E-state index contributed by atoms with van der Waals surface area (Å²) in [5.74, 6) is 2.39. The molecule has 1 saturated heterocycles. The maximum absolute atomic E-state index is 11.7. The minimum absolute atomic E-state index is 0. The second kappa shape index (κ2) is 8.51. The zero-order chi connectivity index (χ0) is 12.0. The molecule has 0 saturated carbocycles. The van der Waals surface area contributed by atoms with Gasteiger partial charge >= 0.3 is 0 Å². The van der Waals surface area contributed by atoms with Gasteiger partial charge in [0.15, 0.2) is 0 Å². The number of hydrogen-bond acceptors (Lipinski definition) is 4. The van der Waals surface area contributed by atoms with Crippen LogP contribution in [-0.4, -0.2) is 47.5 Å². The van der Waals surface area contributed by atoms with Crippen LogP contribution in [0.1, 0.15) is 20.3 Å². The molecule has 0 aromatic carbocycles. The number of rotatable bonds is 5. The van der Waals surface area contributed by atoms with Crippen LogP contribution in [0.5, 0.6) is 0 Å². The third-order valence-corrected chi connectivity index (χ3v) is 5.07. The Morgan fingerprint density at radius 2 is 2.29 bits per heavy atom. The SMILES string of the molecule is CSC(C)(C)CNC(=O)CC1CSCCN1.Cl. The molecule has 0 radical (unpaired) electrons. The topological polar surface area (TPSA) is 41.1 Å². The van der Waals surface area contributed by atoms with Crippen LogP contribution in [0.15, 0.2) is 0 Å². The Hall–Kier alpha value is 0.420. The van der Waals surface area contributed by atoms with Crippen LogP contribution in [0, 0.1) is 0 Å². The van der Waals surface area contributed by atoms with Gasteiger partial charge in [-0.15, -0.1) is 12.4 Å². The molecule has 0 aromatic rings. The lowest BCUT2D eigenvalue weighted by Crippen LogP contribution is -2.43. The Labute approximate surface area is 119 Å². The van der Waals surface area contributed by atoms with Gasteiger partial charge in [0.05, 0.1) is 0 Å². The van der Waals surface area contributed by atoms with Gasteiger partial charge in [-0.3, -0.25) is 4.79 Å². The maximum Gasteiger partial charge on any atom is 0.221 e. The summed E-state index contributed by atoms with van der Waals surface area (Å²) in [4.78, 5) is 11.7. The first-order valence-electron chi connectivity index (χ1n) is 5.66. The molecule has 0 aliphatic carbocycles. The third-order valence-electron chi connectivity index (χ3n) is 2.69. The van der Waals surface area contributed by atoms with Crippen molar-refractivity contribution in [2.24, 2.45) is 0 Å². The van der Waals surface area contributed by atoms with E-state index in [4.69, 9.17) is 0 Å². The van der Waals surface area contributed by atoms with E-state index in [9.17, 15) is 4.79 Å². The zero-order valence-corrected chi connectivity index (χ0v) is 13.2. The Morgan fingerprint density at radius 1 is 1.59 bits per heavy atom. The van der Waals surface area contributed by atoms with Crippen molar-refractivity contribution in [2.45, 2.75) is 31.1 Å². The number of nitrogens with one attached hydrogen (secondary N) is 2. The number of amides is 1. The monoisotopic (exact) mass is 298 g/mol. The molecule has 0 bridgehead atoms. The summed E-state index contributed by atoms with van der Waals surface area (Å²) in [6, 6.07) is 0.358. The van der Waals surface area contributed by atoms with Crippen LogP contribution in [0.3, 0.4) is 0 Å². The lowest BCUT2D eigenvalue weighted by molar-refractivity contribution is -0.121. The first kappa shape index (κ1) is 17.4. The predicted molar refractivity (Wildman–Crippen MR) is 81.6 cm³/mol. The van der Waals surface area contributed by atoms with Gasteiger partial charge in [0, 0.05) is 41.8 Å². The fourth-order valence-corrected chi connectivity index (χ4v) is 2.60. The van der Waals surface area contributed by atoms with Crippen molar-refractivity contribution in [3.8, 4) is 0 Å². The fourth-order valence-electron chi connectivity index (χ4n) is 1.43. The van der Waals surface area contributed by atoms with Crippen LogP contribution in [-0.2, 0) is 4.79 Å². The molecule has 102 valence electrons. The highest BCUT2D eigenvalue weighted by Crippen LogP contribution is 2.19. The number of carbonyl (C=O) groups is 1. The molecule has 1 heterocycles. The zero-order valence-electron chi connectivity index (χ0n) is 10.7. The van der Waals surface area contributed by atoms with Crippen molar-refractivity contribution in [3.63, 3.8) is 0 Å². The van der Waals surface area contributed by atoms with E-state index in [-0.39, 0.29) is 23.1 Å². The molecule has 1 amide bonds. The van der Waals surface area contributed by atoms with Gasteiger partial charge in [-0.25, -0.2) is 0 Å². The smallest absolute Gasteiger partial charge is 0.221 e. The molecule has 1 aliphatic rings. The normalized spacial score (nSPS) is 20.5. The second-order valence-corrected chi connectivity index (χ2v) is 7.33. The standard InChI is InChI=1S/C11H22N2OS2.ClH/c1-11(2,15-3)8-13-10(14)6-9-7-16-5-4-12-9;/h9,12H,4-8H2,1-3H3,(H,13,14);1H. The molecular formula is C11H23ClN2OS2. The predicted octanol–water partition coefficient (Wildman–Crippen LogP) is 1.76. The summed E-state index contributed by atoms with van der Waals surface area (Å²) in [6.07, 6.45) is 2.68. The number of thioether (sulfide) groups is 2. The highest BCUT2D eigenvalue weighted by Gasteiger charge is 2.20. The summed E-state index contributed by atoms with van der Waals surface area (Å²) in [7, 11) is 0.